The minimum absolute atomic E-state index is 0.0240. The van der Waals surface area contributed by atoms with Gasteiger partial charge in [-0.3, -0.25) is 0 Å². The van der Waals surface area contributed by atoms with Crippen LogP contribution in [-0.4, -0.2) is 19.6 Å². The second-order valence-electron chi connectivity index (χ2n) is 4.58. The molecular formula is C15H16N2O2. The third kappa shape index (κ3) is 2.76. The van der Waals surface area contributed by atoms with Crippen LogP contribution in [0.2, 0.25) is 0 Å². The summed E-state index contributed by atoms with van der Waals surface area (Å²) < 4.78 is 4.60. The molecular weight excluding hydrogens is 240 g/mol. The zero-order valence-corrected chi connectivity index (χ0v) is 11.1. The number of fused-ring (bicyclic) bond motifs is 1. The molecule has 0 aliphatic carbocycles. The fourth-order valence-corrected chi connectivity index (χ4v) is 2.28. The minimum Gasteiger partial charge on any atom is -0.465 e. The van der Waals surface area contributed by atoms with Crippen molar-refractivity contribution in [3.63, 3.8) is 0 Å². The molecule has 1 aliphatic heterocycles. The molecule has 2 rings (SSSR count). The zero-order chi connectivity index (χ0) is 13.8. The van der Waals surface area contributed by atoms with Gasteiger partial charge < -0.3 is 9.64 Å². The molecule has 0 spiro atoms. The normalized spacial score (nSPS) is 14.6. The molecule has 0 aromatic heterocycles. The van der Waals surface area contributed by atoms with E-state index in [4.69, 9.17) is 5.26 Å². The van der Waals surface area contributed by atoms with E-state index >= 15 is 0 Å². The summed E-state index contributed by atoms with van der Waals surface area (Å²) in [5.41, 5.74) is 3.56. The molecule has 1 aromatic carbocycles. The van der Waals surface area contributed by atoms with Gasteiger partial charge in [0.15, 0.2) is 5.57 Å². The Kier molecular flexibility index (Phi) is 3.86. The van der Waals surface area contributed by atoms with Crippen LogP contribution in [0.3, 0.4) is 0 Å². The lowest BCUT2D eigenvalue weighted by Crippen LogP contribution is -2.25. The molecule has 1 heterocycles. The smallest absolute Gasteiger partial charge is 0.350 e. The standard InChI is InChI=1S/C15H16N2O2/c1-11-5-6-14-12(8-11)4-3-7-17(14)10-13(9-16)15(18)19-2/h5-6,8,10H,3-4,7H2,1-2H3/b13-10+. The predicted octanol–water partition coefficient (Wildman–Crippen LogP) is 2.33. The van der Waals surface area contributed by atoms with Gasteiger partial charge in [0.25, 0.3) is 0 Å². The van der Waals surface area contributed by atoms with Crippen LogP contribution < -0.4 is 4.90 Å². The summed E-state index contributed by atoms with van der Waals surface area (Å²) in [6.07, 6.45) is 3.62. The lowest BCUT2D eigenvalue weighted by Gasteiger charge is -2.28. The van der Waals surface area contributed by atoms with Crippen molar-refractivity contribution in [2.75, 3.05) is 18.6 Å². The Morgan fingerprint density at radius 1 is 1.53 bits per heavy atom. The highest BCUT2D eigenvalue weighted by atomic mass is 16.5. The first-order chi connectivity index (χ1) is 9.15. The molecule has 0 radical (unpaired) electrons. The molecule has 0 saturated heterocycles. The highest BCUT2D eigenvalue weighted by Gasteiger charge is 2.18. The topological polar surface area (TPSA) is 53.3 Å². The van der Waals surface area contributed by atoms with Crippen LogP contribution in [0.4, 0.5) is 5.69 Å². The van der Waals surface area contributed by atoms with E-state index in [0.717, 1.165) is 25.1 Å². The maximum absolute atomic E-state index is 11.4. The molecule has 1 aromatic rings. The van der Waals surface area contributed by atoms with E-state index < -0.39 is 5.97 Å². The molecule has 0 unspecified atom stereocenters. The first-order valence-electron chi connectivity index (χ1n) is 6.22. The largest absolute Gasteiger partial charge is 0.465 e. The maximum Gasteiger partial charge on any atom is 0.350 e. The van der Waals surface area contributed by atoms with Crippen LogP contribution in [0.1, 0.15) is 17.5 Å². The van der Waals surface area contributed by atoms with Crippen molar-refractivity contribution < 1.29 is 9.53 Å². The number of carbonyl (C=O) groups is 1. The average molecular weight is 256 g/mol. The maximum atomic E-state index is 11.4. The number of methoxy groups -OCH3 is 1. The molecule has 0 saturated carbocycles. The van der Waals surface area contributed by atoms with Crippen molar-refractivity contribution >= 4 is 11.7 Å². The van der Waals surface area contributed by atoms with Gasteiger partial charge in [0.1, 0.15) is 6.07 Å². The summed E-state index contributed by atoms with van der Waals surface area (Å²) in [5.74, 6) is -0.596. The quantitative estimate of drug-likeness (QED) is 0.463. The Bertz CT molecular complexity index is 570. The molecule has 0 amide bonds. The predicted molar refractivity (Wildman–Crippen MR) is 72.6 cm³/mol. The first-order valence-corrected chi connectivity index (χ1v) is 6.22. The Balaban J connectivity index is 2.36. The Morgan fingerprint density at radius 3 is 3.00 bits per heavy atom. The van der Waals surface area contributed by atoms with Gasteiger partial charge in [0, 0.05) is 18.4 Å². The molecule has 19 heavy (non-hydrogen) atoms. The summed E-state index contributed by atoms with van der Waals surface area (Å²) in [6, 6.07) is 8.11. The van der Waals surface area contributed by atoms with Gasteiger partial charge in [-0.25, -0.2) is 4.79 Å². The van der Waals surface area contributed by atoms with Gasteiger partial charge >= 0.3 is 5.97 Å². The summed E-state index contributed by atoms with van der Waals surface area (Å²) in [6.45, 7) is 2.86. The summed E-state index contributed by atoms with van der Waals surface area (Å²) >= 11 is 0. The van der Waals surface area contributed by atoms with Crippen molar-refractivity contribution in [3.05, 3.63) is 41.1 Å². The fraction of sp³-hybridized carbons (Fsp3) is 0.333. The van der Waals surface area contributed by atoms with Crippen molar-refractivity contribution in [3.8, 4) is 6.07 Å². The van der Waals surface area contributed by atoms with E-state index in [1.54, 1.807) is 6.20 Å². The lowest BCUT2D eigenvalue weighted by molar-refractivity contribution is -0.135. The van der Waals surface area contributed by atoms with Crippen LogP contribution in [0.5, 0.6) is 0 Å². The SMILES string of the molecule is COC(=O)/C(C#N)=C/N1CCCc2cc(C)ccc21. The number of anilines is 1. The average Bonchev–Trinajstić information content (AvgIpc) is 2.43. The van der Waals surface area contributed by atoms with E-state index in [1.807, 2.05) is 23.1 Å². The Hall–Kier alpha value is -2.28. The monoisotopic (exact) mass is 256 g/mol. The highest BCUT2D eigenvalue weighted by molar-refractivity contribution is 5.93. The number of esters is 1. The number of nitriles is 1. The van der Waals surface area contributed by atoms with Gasteiger partial charge in [-0.15, -0.1) is 0 Å². The molecule has 4 heteroatoms. The van der Waals surface area contributed by atoms with E-state index in [9.17, 15) is 4.79 Å². The number of hydrogen-bond donors (Lipinski definition) is 0. The lowest BCUT2D eigenvalue weighted by atomic mass is 10.00. The third-order valence-corrected chi connectivity index (χ3v) is 3.20. The molecule has 4 nitrogen and oxygen atoms in total. The van der Waals surface area contributed by atoms with E-state index in [0.29, 0.717) is 0 Å². The van der Waals surface area contributed by atoms with Crippen LogP contribution in [0.15, 0.2) is 30.0 Å². The van der Waals surface area contributed by atoms with Crippen molar-refractivity contribution in [1.82, 2.24) is 0 Å². The van der Waals surface area contributed by atoms with E-state index in [-0.39, 0.29) is 5.57 Å². The third-order valence-electron chi connectivity index (χ3n) is 3.20. The molecule has 98 valence electrons. The van der Waals surface area contributed by atoms with Crippen molar-refractivity contribution in [2.45, 2.75) is 19.8 Å². The first kappa shape index (κ1) is 13.2. The number of carbonyl (C=O) groups excluding carboxylic acids is 1. The summed E-state index contributed by atoms with van der Waals surface area (Å²) in [5, 5.41) is 9.00. The van der Waals surface area contributed by atoms with E-state index in [2.05, 4.69) is 17.7 Å². The number of nitrogens with zero attached hydrogens (tertiary/aromatic N) is 2. The molecule has 0 N–H and O–H groups in total. The Labute approximate surface area is 112 Å². The highest BCUT2D eigenvalue weighted by Crippen LogP contribution is 2.28. The van der Waals surface area contributed by atoms with Crippen LogP contribution >= 0.6 is 0 Å². The second-order valence-corrected chi connectivity index (χ2v) is 4.58. The summed E-state index contributed by atoms with van der Waals surface area (Å²) in [7, 11) is 1.28. The minimum atomic E-state index is -0.596. The van der Waals surface area contributed by atoms with Crippen molar-refractivity contribution in [2.24, 2.45) is 0 Å². The molecule has 0 bridgehead atoms. The van der Waals surface area contributed by atoms with Gasteiger partial charge in [-0.1, -0.05) is 17.7 Å². The fourth-order valence-electron chi connectivity index (χ4n) is 2.28. The van der Waals surface area contributed by atoms with Crippen molar-refractivity contribution in [1.29, 1.82) is 5.26 Å². The molecule has 0 fully saturated rings. The van der Waals surface area contributed by atoms with Crippen LogP contribution in [-0.2, 0) is 16.0 Å². The van der Waals surface area contributed by atoms with Crippen LogP contribution in [0, 0.1) is 18.3 Å². The van der Waals surface area contributed by atoms with Gasteiger partial charge in [-0.2, -0.15) is 5.26 Å². The van der Waals surface area contributed by atoms with Gasteiger partial charge in [0.05, 0.1) is 7.11 Å². The van der Waals surface area contributed by atoms with E-state index in [1.165, 1.54) is 18.2 Å². The number of aryl methyl sites for hydroxylation is 2. The number of benzene rings is 1. The number of hydrogen-bond acceptors (Lipinski definition) is 4. The molecule has 0 atom stereocenters. The Morgan fingerprint density at radius 2 is 2.32 bits per heavy atom. The number of rotatable bonds is 2. The second kappa shape index (κ2) is 5.57. The van der Waals surface area contributed by atoms with Crippen LogP contribution in [0.25, 0.3) is 0 Å². The zero-order valence-electron chi connectivity index (χ0n) is 11.1. The summed E-state index contributed by atoms with van der Waals surface area (Å²) in [4.78, 5) is 13.4. The van der Waals surface area contributed by atoms with Gasteiger partial charge in [0.2, 0.25) is 0 Å². The number of ether oxygens (including phenoxy) is 1. The molecule has 1 aliphatic rings. The van der Waals surface area contributed by atoms with Gasteiger partial charge in [-0.05, 0) is 31.4 Å².